The summed E-state index contributed by atoms with van der Waals surface area (Å²) in [5.41, 5.74) is 0.914. The van der Waals surface area contributed by atoms with E-state index >= 15 is 0 Å². The molecule has 0 saturated heterocycles. The molecule has 0 aliphatic carbocycles. The molecule has 1 amide bonds. The van der Waals surface area contributed by atoms with Crippen LogP contribution in [0.1, 0.15) is 49.0 Å². The number of aliphatic hydroxyl groups is 1. The number of unbranched alkanes of at least 4 members (excludes halogenated alkanes) is 1. The van der Waals surface area contributed by atoms with Gasteiger partial charge in [0.05, 0.1) is 6.61 Å². The number of carbonyl (C=O) groups excluding carboxylic acids is 1. The standard InChI is InChI=1S/C30H31BrCl2N2O4/c1-2-3-15-34-29(37)30(19-21-7-4-5-8-25(21)31)27(24-14-11-22(32)18-26(24)33)39-28(35-30)20-9-12-23(13-10-20)38-17-6-16-36/h4-5,7-14,18,27,36H,2-3,6,15-17,19H2,1H3,(H,34,37)/t27-,30-/m1/s1. The highest BCUT2D eigenvalue weighted by Crippen LogP contribution is 2.45. The van der Waals surface area contributed by atoms with Gasteiger partial charge in [-0.15, -0.1) is 0 Å². The largest absolute Gasteiger partial charge is 0.494 e. The average Bonchev–Trinajstić information content (AvgIpc) is 3.31. The predicted molar refractivity (Wildman–Crippen MR) is 159 cm³/mol. The van der Waals surface area contributed by atoms with Crippen LogP contribution in [0.5, 0.6) is 5.75 Å². The van der Waals surface area contributed by atoms with E-state index in [1.165, 1.54) is 0 Å². The first kappa shape index (κ1) is 29.4. The molecule has 0 aromatic heterocycles. The van der Waals surface area contributed by atoms with Gasteiger partial charge in [0.1, 0.15) is 5.75 Å². The van der Waals surface area contributed by atoms with E-state index in [-0.39, 0.29) is 18.9 Å². The molecule has 4 rings (SSSR count). The van der Waals surface area contributed by atoms with Gasteiger partial charge in [-0.1, -0.05) is 76.7 Å². The Morgan fingerprint density at radius 2 is 1.90 bits per heavy atom. The molecule has 1 aliphatic heterocycles. The third-order valence-corrected chi connectivity index (χ3v) is 7.84. The number of carbonyl (C=O) groups is 1. The summed E-state index contributed by atoms with van der Waals surface area (Å²) < 4.78 is 13.1. The van der Waals surface area contributed by atoms with Crippen molar-refractivity contribution in [3.05, 3.63) is 97.9 Å². The SMILES string of the molecule is CCCCNC(=O)[C@]1(Cc2ccccc2Br)N=C(c2ccc(OCCCO)cc2)O[C@@H]1c1ccc(Cl)cc1Cl. The Balaban J connectivity index is 1.80. The van der Waals surface area contributed by atoms with Gasteiger partial charge in [-0.05, 0) is 54.4 Å². The molecular formula is C30H31BrCl2N2O4. The highest BCUT2D eigenvalue weighted by Gasteiger charge is 2.54. The van der Waals surface area contributed by atoms with Gasteiger partial charge in [0.2, 0.25) is 5.90 Å². The first-order valence-corrected chi connectivity index (χ1v) is 14.5. The van der Waals surface area contributed by atoms with Crippen LogP contribution in [0.4, 0.5) is 0 Å². The number of nitrogens with one attached hydrogen (secondary N) is 1. The van der Waals surface area contributed by atoms with Crippen molar-refractivity contribution in [2.45, 2.75) is 44.2 Å². The molecule has 3 aromatic rings. The summed E-state index contributed by atoms with van der Waals surface area (Å²) in [6.45, 7) is 3.08. The molecule has 2 atom stereocenters. The molecule has 0 unspecified atom stereocenters. The van der Waals surface area contributed by atoms with Gasteiger partial charge in [0, 0.05) is 51.6 Å². The van der Waals surface area contributed by atoms with Gasteiger partial charge < -0.3 is 19.9 Å². The van der Waals surface area contributed by atoms with E-state index in [1.807, 2.05) is 48.5 Å². The lowest BCUT2D eigenvalue weighted by molar-refractivity contribution is -0.128. The number of aliphatic imine (C=N–C) groups is 1. The van der Waals surface area contributed by atoms with Crippen molar-refractivity contribution in [3.8, 4) is 5.75 Å². The molecule has 1 aliphatic rings. The lowest BCUT2D eigenvalue weighted by Gasteiger charge is -2.31. The second kappa shape index (κ2) is 13.7. The molecule has 2 N–H and O–H groups in total. The van der Waals surface area contributed by atoms with Crippen molar-refractivity contribution in [2.75, 3.05) is 19.8 Å². The zero-order chi connectivity index (χ0) is 27.8. The summed E-state index contributed by atoms with van der Waals surface area (Å²) in [5.74, 6) is 0.771. The molecule has 0 radical (unpaired) electrons. The van der Waals surface area contributed by atoms with Crippen LogP contribution in [-0.2, 0) is 16.0 Å². The maximum atomic E-state index is 14.1. The number of aliphatic hydroxyl groups excluding tert-OH is 1. The molecule has 1 heterocycles. The summed E-state index contributed by atoms with van der Waals surface area (Å²) in [7, 11) is 0. The van der Waals surface area contributed by atoms with E-state index in [0.29, 0.717) is 52.4 Å². The maximum Gasteiger partial charge on any atom is 0.252 e. The molecule has 3 aromatic carbocycles. The first-order valence-electron chi connectivity index (χ1n) is 12.9. The lowest BCUT2D eigenvalue weighted by atomic mass is 9.82. The Labute approximate surface area is 247 Å². The summed E-state index contributed by atoms with van der Waals surface area (Å²) in [5, 5.41) is 13.0. The lowest BCUT2D eigenvalue weighted by Crippen LogP contribution is -2.50. The minimum absolute atomic E-state index is 0.0668. The van der Waals surface area contributed by atoms with Crippen LogP contribution in [0.2, 0.25) is 10.0 Å². The molecule has 39 heavy (non-hydrogen) atoms. The number of halogens is 3. The molecule has 0 bridgehead atoms. The monoisotopic (exact) mass is 632 g/mol. The first-order chi connectivity index (χ1) is 18.9. The van der Waals surface area contributed by atoms with E-state index in [2.05, 4.69) is 28.2 Å². The normalized spacial score (nSPS) is 18.4. The molecule has 0 fully saturated rings. The summed E-state index contributed by atoms with van der Waals surface area (Å²) in [6, 6.07) is 20.3. The molecule has 206 valence electrons. The summed E-state index contributed by atoms with van der Waals surface area (Å²) >= 11 is 16.5. The van der Waals surface area contributed by atoms with Crippen LogP contribution >= 0.6 is 39.1 Å². The Morgan fingerprint density at radius 3 is 2.59 bits per heavy atom. The quantitative estimate of drug-likeness (QED) is 0.212. The highest BCUT2D eigenvalue weighted by atomic mass is 79.9. The van der Waals surface area contributed by atoms with E-state index in [1.54, 1.807) is 18.2 Å². The second-order valence-corrected chi connectivity index (χ2v) is 11.0. The number of nitrogens with zero attached hydrogens (tertiary/aromatic N) is 1. The Kier molecular flexibility index (Phi) is 10.3. The van der Waals surface area contributed by atoms with Gasteiger partial charge in [0.15, 0.2) is 11.6 Å². The highest BCUT2D eigenvalue weighted by molar-refractivity contribution is 9.10. The minimum Gasteiger partial charge on any atom is -0.494 e. The van der Waals surface area contributed by atoms with Gasteiger partial charge in [-0.3, -0.25) is 4.79 Å². The molecule has 0 saturated carbocycles. The van der Waals surface area contributed by atoms with E-state index in [0.717, 1.165) is 22.9 Å². The third-order valence-electron chi connectivity index (χ3n) is 6.51. The van der Waals surface area contributed by atoms with Crippen LogP contribution in [0, 0.1) is 0 Å². The van der Waals surface area contributed by atoms with Gasteiger partial charge in [-0.25, -0.2) is 4.99 Å². The van der Waals surface area contributed by atoms with E-state index in [4.69, 9.17) is 42.8 Å². The van der Waals surface area contributed by atoms with Crippen molar-refractivity contribution < 1.29 is 19.4 Å². The van der Waals surface area contributed by atoms with E-state index < -0.39 is 11.6 Å². The smallest absolute Gasteiger partial charge is 0.252 e. The van der Waals surface area contributed by atoms with Crippen LogP contribution < -0.4 is 10.1 Å². The predicted octanol–water partition coefficient (Wildman–Crippen LogP) is 6.93. The van der Waals surface area contributed by atoms with Crippen molar-refractivity contribution in [2.24, 2.45) is 4.99 Å². The van der Waals surface area contributed by atoms with E-state index in [9.17, 15) is 4.79 Å². The molecule has 9 heteroatoms. The number of amides is 1. The van der Waals surface area contributed by atoms with Crippen LogP contribution in [0.3, 0.4) is 0 Å². The average molecular weight is 634 g/mol. The number of benzene rings is 3. The van der Waals surface area contributed by atoms with Crippen LogP contribution in [0.25, 0.3) is 0 Å². The van der Waals surface area contributed by atoms with Gasteiger partial charge in [0.25, 0.3) is 5.91 Å². The van der Waals surface area contributed by atoms with Gasteiger partial charge >= 0.3 is 0 Å². The van der Waals surface area contributed by atoms with Crippen LogP contribution in [0.15, 0.2) is 76.2 Å². The molecular weight excluding hydrogens is 603 g/mol. The Hall–Kier alpha value is -2.58. The third kappa shape index (κ3) is 6.95. The van der Waals surface area contributed by atoms with Crippen molar-refractivity contribution in [3.63, 3.8) is 0 Å². The Bertz CT molecular complexity index is 1320. The fraction of sp³-hybridized carbons (Fsp3) is 0.333. The minimum atomic E-state index is -1.33. The Morgan fingerprint density at radius 1 is 1.13 bits per heavy atom. The molecule has 0 spiro atoms. The summed E-state index contributed by atoms with van der Waals surface area (Å²) in [6.07, 6.45) is 1.82. The zero-order valence-electron chi connectivity index (χ0n) is 21.6. The number of rotatable bonds is 12. The van der Waals surface area contributed by atoms with Crippen molar-refractivity contribution in [1.82, 2.24) is 5.32 Å². The van der Waals surface area contributed by atoms with Crippen molar-refractivity contribution >= 4 is 50.9 Å². The van der Waals surface area contributed by atoms with Crippen LogP contribution in [-0.4, -0.2) is 42.2 Å². The number of hydrogen-bond acceptors (Lipinski definition) is 5. The van der Waals surface area contributed by atoms with Crippen molar-refractivity contribution in [1.29, 1.82) is 0 Å². The molecule has 6 nitrogen and oxygen atoms in total. The maximum absolute atomic E-state index is 14.1. The fourth-order valence-corrected chi connectivity index (χ4v) is 5.37. The summed E-state index contributed by atoms with van der Waals surface area (Å²) in [4.78, 5) is 19.1. The zero-order valence-corrected chi connectivity index (χ0v) is 24.7. The second-order valence-electron chi connectivity index (χ2n) is 9.33. The van der Waals surface area contributed by atoms with Gasteiger partial charge in [-0.2, -0.15) is 0 Å². The fourth-order valence-electron chi connectivity index (χ4n) is 4.44. The number of hydrogen-bond donors (Lipinski definition) is 2. The topological polar surface area (TPSA) is 80.2 Å². The number of ether oxygens (including phenoxy) is 2.